The Labute approximate surface area is 104 Å². The van der Waals surface area contributed by atoms with E-state index in [9.17, 15) is 0 Å². The zero-order chi connectivity index (χ0) is 12.5. The van der Waals surface area contributed by atoms with E-state index in [1.807, 2.05) is 12.4 Å². The van der Waals surface area contributed by atoms with Crippen molar-refractivity contribution >= 4 is 0 Å². The summed E-state index contributed by atoms with van der Waals surface area (Å²) < 4.78 is 7.64. The Hall–Kier alpha value is -0.870. The highest BCUT2D eigenvalue weighted by Gasteiger charge is 2.02. The van der Waals surface area contributed by atoms with Gasteiger partial charge in [-0.25, -0.2) is 4.98 Å². The zero-order valence-corrected chi connectivity index (χ0v) is 11.3. The van der Waals surface area contributed by atoms with Crippen LogP contribution in [0, 0.1) is 5.92 Å². The van der Waals surface area contributed by atoms with Gasteiger partial charge in [-0.1, -0.05) is 20.8 Å². The lowest BCUT2D eigenvalue weighted by molar-refractivity contribution is 0.126. The minimum atomic E-state index is 0.672. The molecular formula is C13H25N3O. The number of hydrogen-bond donors (Lipinski definition) is 1. The van der Waals surface area contributed by atoms with Crippen LogP contribution in [0.25, 0.3) is 0 Å². The maximum absolute atomic E-state index is 5.48. The zero-order valence-electron chi connectivity index (χ0n) is 11.3. The molecule has 1 aromatic rings. The van der Waals surface area contributed by atoms with Crippen LogP contribution in [0.1, 0.15) is 33.0 Å². The molecule has 4 nitrogen and oxygen atoms in total. The van der Waals surface area contributed by atoms with Gasteiger partial charge in [0.25, 0.3) is 0 Å². The van der Waals surface area contributed by atoms with Crippen molar-refractivity contribution in [3.8, 4) is 0 Å². The number of imidazole rings is 1. The lowest BCUT2D eigenvalue weighted by atomic mass is 10.2. The first-order valence-corrected chi connectivity index (χ1v) is 6.52. The number of ether oxygens (including phenoxy) is 1. The molecule has 0 amide bonds. The van der Waals surface area contributed by atoms with E-state index in [4.69, 9.17) is 4.74 Å². The molecule has 4 heteroatoms. The van der Waals surface area contributed by atoms with Gasteiger partial charge in [0.15, 0.2) is 0 Å². The monoisotopic (exact) mass is 239 g/mol. The van der Waals surface area contributed by atoms with E-state index in [-0.39, 0.29) is 0 Å². The molecule has 1 rings (SSSR count). The van der Waals surface area contributed by atoms with Gasteiger partial charge < -0.3 is 14.6 Å². The second kappa shape index (κ2) is 8.25. The van der Waals surface area contributed by atoms with Gasteiger partial charge >= 0.3 is 0 Å². The van der Waals surface area contributed by atoms with Gasteiger partial charge in [-0.2, -0.15) is 0 Å². The lowest BCUT2D eigenvalue weighted by Crippen LogP contribution is -2.22. The van der Waals surface area contributed by atoms with Crippen LogP contribution in [0.4, 0.5) is 0 Å². The average Bonchev–Trinajstić information content (AvgIpc) is 2.72. The minimum Gasteiger partial charge on any atom is -0.380 e. The van der Waals surface area contributed by atoms with Crippen LogP contribution in [-0.4, -0.2) is 29.3 Å². The molecule has 0 spiro atoms. The highest BCUT2D eigenvalue weighted by molar-refractivity contribution is 4.91. The first-order valence-electron chi connectivity index (χ1n) is 6.52. The summed E-state index contributed by atoms with van der Waals surface area (Å²) in [5.41, 5.74) is 0. The molecule has 0 aromatic carbocycles. The maximum atomic E-state index is 5.48. The van der Waals surface area contributed by atoms with Gasteiger partial charge in [-0.3, -0.25) is 0 Å². The normalized spacial score (nSPS) is 11.3. The summed E-state index contributed by atoms with van der Waals surface area (Å²) in [6, 6.07) is 0. The molecule has 0 aliphatic rings. The van der Waals surface area contributed by atoms with Crippen molar-refractivity contribution in [2.24, 2.45) is 5.92 Å². The fourth-order valence-electron chi connectivity index (χ4n) is 1.59. The highest BCUT2D eigenvalue weighted by atomic mass is 16.5. The number of aromatic nitrogens is 2. The topological polar surface area (TPSA) is 39.1 Å². The minimum absolute atomic E-state index is 0.672. The SMILES string of the molecule is CCCOCCn1ccnc1CNCC(C)C. The summed E-state index contributed by atoms with van der Waals surface area (Å²) in [6.45, 7) is 10.9. The second-order valence-corrected chi connectivity index (χ2v) is 4.67. The predicted octanol–water partition coefficient (Wildman–Crippen LogP) is 2.06. The summed E-state index contributed by atoms with van der Waals surface area (Å²) in [6.07, 6.45) is 4.95. The Bertz CT molecular complexity index is 297. The van der Waals surface area contributed by atoms with Crippen LogP contribution >= 0.6 is 0 Å². The van der Waals surface area contributed by atoms with E-state index >= 15 is 0 Å². The molecule has 98 valence electrons. The van der Waals surface area contributed by atoms with Crippen molar-refractivity contribution in [3.63, 3.8) is 0 Å². The highest BCUT2D eigenvalue weighted by Crippen LogP contribution is 1.98. The van der Waals surface area contributed by atoms with Crippen LogP contribution in [0.2, 0.25) is 0 Å². The van der Waals surface area contributed by atoms with E-state index in [2.05, 4.69) is 35.6 Å². The number of nitrogens with zero attached hydrogens (tertiary/aromatic N) is 2. The molecule has 17 heavy (non-hydrogen) atoms. The molecule has 0 saturated heterocycles. The Morgan fingerprint density at radius 1 is 1.41 bits per heavy atom. The lowest BCUT2D eigenvalue weighted by Gasteiger charge is -2.10. The van der Waals surface area contributed by atoms with E-state index < -0.39 is 0 Å². The standard InChI is InChI=1S/C13H25N3O/c1-4-8-17-9-7-16-6-5-15-13(16)11-14-10-12(2)3/h5-6,12,14H,4,7-11H2,1-3H3. The summed E-state index contributed by atoms with van der Waals surface area (Å²) in [5, 5.41) is 3.41. The largest absolute Gasteiger partial charge is 0.380 e. The number of hydrogen-bond acceptors (Lipinski definition) is 3. The molecule has 1 heterocycles. The van der Waals surface area contributed by atoms with Gasteiger partial charge in [0, 0.05) is 25.5 Å². The van der Waals surface area contributed by atoms with Gasteiger partial charge in [-0.15, -0.1) is 0 Å². The summed E-state index contributed by atoms with van der Waals surface area (Å²) >= 11 is 0. The predicted molar refractivity (Wildman–Crippen MR) is 69.9 cm³/mol. The smallest absolute Gasteiger partial charge is 0.122 e. The first kappa shape index (κ1) is 14.2. The number of nitrogens with one attached hydrogen (secondary N) is 1. The van der Waals surface area contributed by atoms with E-state index in [0.29, 0.717) is 5.92 Å². The van der Waals surface area contributed by atoms with Crippen LogP contribution in [0.3, 0.4) is 0 Å². The van der Waals surface area contributed by atoms with Crippen molar-refractivity contribution < 1.29 is 4.74 Å². The molecule has 0 atom stereocenters. The molecular weight excluding hydrogens is 214 g/mol. The molecule has 0 radical (unpaired) electrons. The van der Waals surface area contributed by atoms with Crippen molar-refractivity contribution in [2.45, 2.75) is 40.3 Å². The molecule has 0 fully saturated rings. The third-order valence-electron chi connectivity index (χ3n) is 2.46. The average molecular weight is 239 g/mol. The molecule has 1 N–H and O–H groups in total. The fourth-order valence-corrected chi connectivity index (χ4v) is 1.59. The van der Waals surface area contributed by atoms with Crippen molar-refractivity contribution in [1.82, 2.24) is 14.9 Å². The Kier molecular flexibility index (Phi) is 6.89. The Balaban J connectivity index is 2.27. The molecule has 0 aliphatic heterocycles. The van der Waals surface area contributed by atoms with Crippen LogP contribution in [0.5, 0.6) is 0 Å². The number of rotatable bonds is 9. The van der Waals surface area contributed by atoms with E-state index in [1.54, 1.807) is 0 Å². The fraction of sp³-hybridized carbons (Fsp3) is 0.769. The molecule has 0 unspecified atom stereocenters. The Morgan fingerprint density at radius 3 is 2.94 bits per heavy atom. The van der Waals surface area contributed by atoms with Gasteiger partial charge in [0.2, 0.25) is 0 Å². The molecule has 0 bridgehead atoms. The van der Waals surface area contributed by atoms with Gasteiger partial charge in [0.05, 0.1) is 13.2 Å². The first-order chi connectivity index (χ1) is 8.24. The summed E-state index contributed by atoms with van der Waals surface area (Å²) in [4.78, 5) is 4.36. The quantitative estimate of drug-likeness (QED) is 0.670. The van der Waals surface area contributed by atoms with Crippen LogP contribution < -0.4 is 5.32 Å². The molecule has 1 aromatic heterocycles. The van der Waals surface area contributed by atoms with Crippen LogP contribution in [0.15, 0.2) is 12.4 Å². The third kappa shape index (κ3) is 5.84. The van der Waals surface area contributed by atoms with E-state index in [1.165, 1.54) is 0 Å². The maximum Gasteiger partial charge on any atom is 0.122 e. The summed E-state index contributed by atoms with van der Waals surface area (Å²) in [5.74, 6) is 1.76. The molecule has 0 aliphatic carbocycles. The van der Waals surface area contributed by atoms with Crippen molar-refractivity contribution in [1.29, 1.82) is 0 Å². The van der Waals surface area contributed by atoms with Crippen LogP contribution in [-0.2, 0) is 17.8 Å². The second-order valence-electron chi connectivity index (χ2n) is 4.67. The third-order valence-corrected chi connectivity index (χ3v) is 2.46. The summed E-state index contributed by atoms with van der Waals surface area (Å²) in [7, 11) is 0. The van der Waals surface area contributed by atoms with Gasteiger partial charge in [-0.05, 0) is 18.9 Å². The van der Waals surface area contributed by atoms with Gasteiger partial charge in [0.1, 0.15) is 5.82 Å². The Morgan fingerprint density at radius 2 is 2.24 bits per heavy atom. The molecule has 0 saturated carbocycles. The van der Waals surface area contributed by atoms with Crippen molar-refractivity contribution in [2.75, 3.05) is 19.8 Å². The van der Waals surface area contributed by atoms with Crippen molar-refractivity contribution in [3.05, 3.63) is 18.2 Å². The van der Waals surface area contributed by atoms with E-state index in [0.717, 1.165) is 45.1 Å².